The average Bonchev–Trinajstić information content (AvgIpc) is 2.27. The van der Waals surface area contributed by atoms with E-state index in [1.807, 2.05) is 13.8 Å². The molecule has 0 bridgehead atoms. The molecule has 1 aromatic carbocycles. The molecule has 91 valence electrons. The van der Waals surface area contributed by atoms with Crippen LogP contribution in [0.3, 0.4) is 0 Å². The fraction of sp³-hybridized carbons (Fsp3) is 0.308. The number of nitro benzene ring substituents is 1. The van der Waals surface area contributed by atoms with Crippen LogP contribution in [0.4, 0.5) is 5.69 Å². The first kappa shape index (κ1) is 13.2. The molecule has 0 fully saturated rings. The van der Waals surface area contributed by atoms with Gasteiger partial charge in [-0.25, -0.2) is 0 Å². The predicted octanol–water partition coefficient (Wildman–Crippen LogP) is 3.49. The summed E-state index contributed by atoms with van der Waals surface area (Å²) in [5.74, 6) is 0.117. The first-order valence-electron chi connectivity index (χ1n) is 5.36. The lowest BCUT2D eigenvalue weighted by Gasteiger charge is -2.12. The second-order valence-electron chi connectivity index (χ2n) is 3.99. The van der Waals surface area contributed by atoms with Crippen molar-refractivity contribution in [2.24, 2.45) is 0 Å². The zero-order valence-electron chi connectivity index (χ0n) is 10.1. The van der Waals surface area contributed by atoms with Crippen molar-refractivity contribution < 1.29 is 9.66 Å². The number of hydrogen-bond donors (Lipinski definition) is 0. The standard InChI is InChI=1S/C13H16NO3/c1-5-10(4)11-6-7-13(17-9(2)3)12(8-11)14(15)16/h5-10H,1,4H2,2-3H3. The predicted molar refractivity (Wildman–Crippen MR) is 67.2 cm³/mol. The Morgan fingerprint density at radius 1 is 1.47 bits per heavy atom. The highest BCUT2D eigenvalue weighted by Crippen LogP contribution is 2.31. The van der Waals surface area contributed by atoms with Gasteiger partial charge >= 0.3 is 5.69 Å². The Hall–Kier alpha value is -1.84. The van der Waals surface area contributed by atoms with E-state index in [1.165, 1.54) is 6.07 Å². The van der Waals surface area contributed by atoms with Crippen molar-refractivity contribution >= 4 is 5.69 Å². The van der Waals surface area contributed by atoms with Crippen LogP contribution in [-0.4, -0.2) is 11.0 Å². The second kappa shape index (κ2) is 5.48. The SMILES string of the molecule is [CH2]C(C=C)c1ccc(OC(C)C)c([N+](=O)[O-])c1. The van der Waals surface area contributed by atoms with Crippen molar-refractivity contribution in [3.05, 3.63) is 53.5 Å². The van der Waals surface area contributed by atoms with E-state index in [0.717, 1.165) is 5.56 Å². The van der Waals surface area contributed by atoms with Crippen molar-refractivity contribution in [3.8, 4) is 5.75 Å². The minimum Gasteiger partial charge on any atom is -0.484 e. The highest BCUT2D eigenvalue weighted by atomic mass is 16.6. The lowest BCUT2D eigenvalue weighted by atomic mass is 10.0. The van der Waals surface area contributed by atoms with Crippen LogP contribution in [0.2, 0.25) is 0 Å². The summed E-state index contributed by atoms with van der Waals surface area (Å²) in [5.41, 5.74) is 0.717. The Bertz CT molecular complexity index is 427. The van der Waals surface area contributed by atoms with Crippen LogP contribution in [0.1, 0.15) is 25.3 Å². The molecule has 1 rings (SSSR count). The number of nitro groups is 1. The molecule has 0 aromatic heterocycles. The van der Waals surface area contributed by atoms with Crippen molar-refractivity contribution in [3.63, 3.8) is 0 Å². The zero-order chi connectivity index (χ0) is 13.0. The van der Waals surface area contributed by atoms with Crippen LogP contribution in [0.15, 0.2) is 30.9 Å². The van der Waals surface area contributed by atoms with Gasteiger partial charge in [-0.3, -0.25) is 10.1 Å². The van der Waals surface area contributed by atoms with E-state index in [0.29, 0.717) is 0 Å². The van der Waals surface area contributed by atoms with Gasteiger partial charge in [0, 0.05) is 12.0 Å². The van der Waals surface area contributed by atoms with E-state index in [9.17, 15) is 10.1 Å². The number of rotatable bonds is 5. The van der Waals surface area contributed by atoms with Gasteiger partial charge in [0.2, 0.25) is 0 Å². The fourth-order valence-corrected chi connectivity index (χ4v) is 1.40. The minimum absolute atomic E-state index is 0.0355. The molecule has 0 heterocycles. The van der Waals surface area contributed by atoms with E-state index < -0.39 is 4.92 Å². The summed E-state index contributed by atoms with van der Waals surface area (Å²) in [6.07, 6.45) is 1.54. The van der Waals surface area contributed by atoms with E-state index in [-0.39, 0.29) is 23.5 Å². The largest absolute Gasteiger partial charge is 0.484 e. The van der Waals surface area contributed by atoms with Gasteiger partial charge < -0.3 is 4.74 Å². The summed E-state index contributed by atoms with van der Waals surface area (Å²) in [4.78, 5) is 10.5. The van der Waals surface area contributed by atoms with Crippen LogP contribution in [0.25, 0.3) is 0 Å². The van der Waals surface area contributed by atoms with Crippen LogP contribution < -0.4 is 4.74 Å². The van der Waals surface area contributed by atoms with Crippen molar-refractivity contribution in [1.29, 1.82) is 0 Å². The van der Waals surface area contributed by atoms with Crippen LogP contribution in [0.5, 0.6) is 5.75 Å². The lowest BCUT2D eigenvalue weighted by Crippen LogP contribution is -2.07. The Kier molecular flexibility index (Phi) is 4.26. The van der Waals surface area contributed by atoms with Crippen molar-refractivity contribution in [2.75, 3.05) is 0 Å². The molecule has 0 aliphatic heterocycles. The summed E-state index contributed by atoms with van der Waals surface area (Å²) < 4.78 is 5.39. The average molecular weight is 234 g/mol. The monoisotopic (exact) mass is 234 g/mol. The molecule has 0 saturated heterocycles. The summed E-state index contributed by atoms with van der Waals surface area (Å²) in [5, 5.41) is 10.9. The topological polar surface area (TPSA) is 52.4 Å². The first-order chi connectivity index (χ1) is 7.95. The number of ether oxygens (including phenoxy) is 1. The highest BCUT2D eigenvalue weighted by Gasteiger charge is 2.18. The molecule has 0 amide bonds. The number of allylic oxidation sites excluding steroid dienone is 1. The van der Waals surface area contributed by atoms with Crippen LogP contribution >= 0.6 is 0 Å². The van der Waals surface area contributed by atoms with Crippen molar-refractivity contribution in [1.82, 2.24) is 0 Å². The molecule has 0 spiro atoms. The maximum atomic E-state index is 10.9. The Morgan fingerprint density at radius 2 is 2.12 bits per heavy atom. The molecule has 17 heavy (non-hydrogen) atoms. The molecular weight excluding hydrogens is 218 g/mol. The number of hydrogen-bond acceptors (Lipinski definition) is 3. The quantitative estimate of drug-likeness (QED) is 0.445. The van der Waals surface area contributed by atoms with Gasteiger partial charge in [0.25, 0.3) is 0 Å². The van der Waals surface area contributed by atoms with Crippen LogP contribution in [0, 0.1) is 17.0 Å². The third-order valence-electron chi connectivity index (χ3n) is 2.26. The molecule has 4 heteroatoms. The van der Waals surface area contributed by atoms with E-state index in [1.54, 1.807) is 18.2 Å². The van der Waals surface area contributed by atoms with Gasteiger partial charge in [0.15, 0.2) is 5.75 Å². The molecule has 1 radical (unpaired) electrons. The molecule has 4 nitrogen and oxygen atoms in total. The molecule has 1 aromatic rings. The van der Waals surface area contributed by atoms with E-state index >= 15 is 0 Å². The van der Waals surface area contributed by atoms with Gasteiger partial charge in [-0.05, 0) is 32.4 Å². The lowest BCUT2D eigenvalue weighted by molar-refractivity contribution is -0.386. The fourth-order valence-electron chi connectivity index (χ4n) is 1.40. The summed E-state index contributed by atoms with van der Waals surface area (Å²) in [6.45, 7) is 11.1. The smallest absolute Gasteiger partial charge is 0.311 e. The molecule has 0 N–H and O–H groups in total. The van der Waals surface area contributed by atoms with Crippen LogP contribution in [-0.2, 0) is 0 Å². The third-order valence-corrected chi connectivity index (χ3v) is 2.26. The normalized spacial score (nSPS) is 12.2. The van der Waals surface area contributed by atoms with Gasteiger partial charge in [-0.1, -0.05) is 12.1 Å². The van der Waals surface area contributed by atoms with Gasteiger partial charge in [-0.15, -0.1) is 6.58 Å². The number of nitrogens with zero attached hydrogens (tertiary/aromatic N) is 1. The molecule has 0 saturated carbocycles. The van der Waals surface area contributed by atoms with Gasteiger partial charge in [0.05, 0.1) is 11.0 Å². The van der Waals surface area contributed by atoms with Crippen molar-refractivity contribution in [2.45, 2.75) is 25.9 Å². The maximum absolute atomic E-state index is 10.9. The molecule has 1 atom stereocenters. The minimum atomic E-state index is -0.447. The number of benzene rings is 1. The summed E-state index contributed by atoms with van der Waals surface area (Å²) >= 11 is 0. The first-order valence-corrected chi connectivity index (χ1v) is 5.36. The molecule has 0 aliphatic rings. The van der Waals surface area contributed by atoms with Gasteiger partial charge in [-0.2, -0.15) is 0 Å². The summed E-state index contributed by atoms with van der Waals surface area (Å²) in [6, 6.07) is 4.86. The molecule has 1 unspecified atom stereocenters. The Morgan fingerprint density at radius 3 is 2.59 bits per heavy atom. The Balaban J connectivity index is 3.17. The second-order valence-corrected chi connectivity index (χ2v) is 3.99. The van der Waals surface area contributed by atoms with E-state index in [4.69, 9.17) is 4.74 Å². The summed E-state index contributed by atoms with van der Waals surface area (Å²) in [7, 11) is 0. The highest BCUT2D eigenvalue weighted by molar-refractivity contribution is 5.50. The molecule has 0 aliphatic carbocycles. The van der Waals surface area contributed by atoms with E-state index in [2.05, 4.69) is 13.5 Å². The third kappa shape index (κ3) is 3.31. The molecular formula is C13H16NO3. The van der Waals surface area contributed by atoms with Gasteiger partial charge in [0.1, 0.15) is 0 Å². The maximum Gasteiger partial charge on any atom is 0.311 e. The zero-order valence-corrected chi connectivity index (χ0v) is 10.1. The Labute approximate surface area is 101 Å².